The lowest BCUT2D eigenvalue weighted by molar-refractivity contribution is -0.112. The van der Waals surface area contributed by atoms with Crippen LogP contribution in [0.25, 0.3) is 6.08 Å². The van der Waals surface area contributed by atoms with E-state index >= 15 is 0 Å². The van der Waals surface area contributed by atoms with E-state index < -0.39 is 15.7 Å². The molecule has 0 aliphatic rings. The van der Waals surface area contributed by atoms with Crippen LogP contribution in [0.3, 0.4) is 0 Å². The number of hydrogen-bond donors (Lipinski definition) is 1. The smallest absolute Gasteiger partial charge is 0.268 e. The number of amides is 1. The van der Waals surface area contributed by atoms with Gasteiger partial charge >= 0.3 is 0 Å². The largest absolute Gasteiger partial charge is 0.493 e. The fourth-order valence-corrected chi connectivity index (χ4v) is 4.17. The first-order chi connectivity index (χ1) is 16.3. The van der Waals surface area contributed by atoms with Crippen molar-refractivity contribution in [1.29, 1.82) is 5.26 Å². The van der Waals surface area contributed by atoms with E-state index in [0.29, 0.717) is 53.3 Å². The Kier molecular flexibility index (Phi) is 8.59. The highest BCUT2D eigenvalue weighted by molar-refractivity contribution is 7.90. The molecule has 12 heteroatoms. The van der Waals surface area contributed by atoms with Crippen LogP contribution in [0.15, 0.2) is 59.3 Å². The van der Waals surface area contributed by atoms with Gasteiger partial charge in [0.15, 0.2) is 0 Å². The first kappa shape index (κ1) is 25.2. The SMILES string of the molecule is CS(=O)(=O)c1nsc(NC(=O)C(C#N)=Cc2ccc(OCCCOc3ccccc3Cl)cc2)n1. The number of nitrogens with one attached hydrogen (secondary N) is 1. The molecule has 9 nitrogen and oxygen atoms in total. The van der Waals surface area contributed by atoms with Gasteiger partial charge in [-0.2, -0.15) is 14.6 Å². The number of halogens is 1. The molecule has 0 bridgehead atoms. The molecule has 34 heavy (non-hydrogen) atoms. The van der Waals surface area contributed by atoms with Crippen LogP contribution in [0.5, 0.6) is 11.5 Å². The van der Waals surface area contributed by atoms with E-state index in [1.54, 1.807) is 36.4 Å². The van der Waals surface area contributed by atoms with Crippen LogP contribution in [-0.2, 0) is 14.6 Å². The molecule has 0 radical (unpaired) electrons. The van der Waals surface area contributed by atoms with Gasteiger partial charge in [0, 0.05) is 24.2 Å². The fourth-order valence-electron chi connectivity index (χ4n) is 2.54. The molecule has 1 N–H and O–H groups in total. The van der Waals surface area contributed by atoms with Gasteiger partial charge in [-0.1, -0.05) is 35.9 Å². The van der Waals surface area contributed by atoms with Crippen LogP contribution in [0.2, 0.25) is 5.02 Å². The molecular weight excluding hydrogens is 500 g/mol. The van der Waals surface area contributed by atoms with Gasteiger partial charge in [0.2, 0.25) is 15.0 Å². The van der Waals surface area contributed by atoms with Crippen LogP contribution in [0.4, 0.5) is 5.13 Å². The fraction of sp³-hybridized carbons (Fsp3) is 0.182. The molecule has 1 amide bonds. The van der Waals surface area contributed by atoms with E-state index in [1.165, 1.54) is 6.08 Å². The summed E-state index contributed by atoms with van der Waals surface area (Å²) >= 11 is 6.75. The molecule has 1 heterocycles. The van der Waals surface area contributed by atoms with E-state index in [2.05, 4.69) is 14.7 Å². The Labute approximate surface area is 205 Å². The van der Waals surface area contributed by atoms with Crippen molar-refractivity contribution in [3.8, 4) is 17.6 Å². The molecule has 0 saturated heterocycles. The summed E-state index contributed by atoms with van der Waals surface area (Å²) in [5, 5.41) is 11.9. The summed E-state index contributed by atoms with van der Waals surface area (Å²) < 4.78 is 37.8. The van der Waals surface area contributed by atoms with Crippen molar-refractivity contribution in [3.63, 3.8) is 0 Å². The van der Waals surface area contributed by atoms with E-state index in [9.17, 15) is 18.5 Å². The summed E-state index contributed by atoms with van der Waals surface area (Å²) in [5.74, 6) is 0.525. The Morgan fingerprint density at radius 2 is 1.88 bits per heavy atom. The van der Waals surface area contributed by atoms with Crippen molar-refractivity contribution in [2.45, 2.75) is 11.6 Å². The van der Waals surface area contributed by atoms with Crippen LogP contribution in [0.1, 0.15) is 12.0 Å². The number of rotatable bonds is 10. The Balaban J connectivity index is 1.51. The molecule has 0 saturated carbocycles. The van der Waals surface area contributed by atoms with Gasteiger partial charge in [-0.05, 0) is 35.9 Å². The summed E-state index contributed by atoms with van der Waals surface area (Å²) in [6, 6.07) is 15.9. The van der Waals surface area contributed by atoms with Gasteiger partial charge in [0.05, 0.1) is 18.2 Å². The van der Waals surface area contributed by atoms with Gasteiger partial charge in [-0.15, -0.1) is 0 Å². The number of carbonyl (C=O) groups excluding carboxylic acids is 1. The number of nitrogens with zero attached hydrogens (tertiary/aromatic N) is 3. The molecule has 3 rings (SSSR count). The van der Waals surface area contributed by atoms with Crippen molar-refractivity contribution in [3.05, 3.63) is 64.7 Å². The molecule has 0 unspecified atom stereocenters. The highest BCUT2D eigenvalue weighted by atomic mass is 35.5. The summed E-state index contributed by atoms with van der Waals surface area (Å²) in [6.07, 6.45) is 3.01. The van der Waals surface area contributed by atoms with Crippen molar-refractivity contribution in [1.82, 2.24) is 9.36 Å². The number of carbonyl (C=O) groups is 1. The van der Waals surface area contributed by atoms with E-state index in [-0.39, 0.29) is 15.9 Å². The minimum atomic E-state index is -3.59. The quantitative estimate of drug-likeness (QED) is 0.242. The second-order valence-electron chi connectivity index (χ2n) is 6.83. The highest BCUT2D eigenvalue weighted by Crippen LogP contribution is 2.23. The average molecular weight is 519 g/mol. The van der Waals surface area contributed by atoms with Crippen LogP contribution in [0, 0.1) is 11.3 Å². The van der Waals surface area contributed by atoms with Crippen LogP contribution < -0.4 is 14.8 Å². The number of benzene rings is 2. The van der Waals surface area contributed by atoms with Crippen molar-refractivity contribution >= 4 is 50.1 Å². The van der Waals surface area contributed by atoms with E-state index in [1.807, 2.05) is 18.2 Å². The predicted octanol–water partition coefficient (Wildman–Crippen LogP) is 3.99. The lowest BCUT2D eigenvalue weighted by atomic mass is 10.1. The lowest BCUT2D eigenvalue weighted by Crippen LogP contribution is -2.13. The Hall–Kier alpha value is -3.46. The maximum Gasteiger partial charge on any atom is 0.268 e. The van der Waals surface area contributed by atoms with E-state index in [4.69, 9.17) is 21.1 Å². The molecule has 0 fully saturated rings. The van der Waals surface area contributed by atoms with Gasteiger partial charge in [0.1, 0.15) is 23.1 Å². The molecular formula is C22H19ClN4O5S2. The molecule has 2 aromatic carbocycles. The first-order valence-corrected chi connectivity index (χ1v) is 12.9. The number of ether oxygens (including phenoxy) is 2. The standard InChI is InChI=1S/C22H19ClN4O5S2/c1-34(29,30)22-26-21(33-27-22)25-20(28)16(14-24)13-15-7-9-17(10-8-15)31-11-4-12-32-19-6-3-2-5-18(19)23/h2-3,5-10,13H,4,11-12H2,1H3,(H,25,26,27,28). The number of para-hydroxylation sites is 1. The Morgan fingerprint density at radius 3 is 2.53 bits per heavy atom. The lowest BCUT2D eigenvalue weighted by Gasteiger charge is -2.09. The van der Waals surface area contributed by atoms with Gasteiger partial charge in [-0.25, -0.2) is 8.42 Å². The summed E-state index contributed by atoms with van der Waals surface area (Å²) in [5.41, 5.74) is 0.427. The first-order valence-electron chi connectivity index (χ1n) is 9.83. The summed E-state index contributed by atoms with van der Waals surface area (Å²) in [7, 11) is -3.59. The zero-order valence-electron chi connectivity index (χ0n) is 17.9. The Morgan fingerprint density at radius 1 is 1.18 bits per heavy atom. The Bertz CT molecular complexity index is 1330. The molecule has 0 aliphatic carbocycles. The normalized spacial score (nSPS) is 11.5. The second-order valence-corrected chi connectivity index (χ2v) is 9.90. The zero-order valence-corrected chi connectivity index (χ0v) is 20.3. The minimum absolute atomic E-state index is 0.0196. The number of sulfone groups is 1. The zero-order chi connectivity index (χ0) is 24.6. The van der Waals surface area contributed by atoms with Gasteiger partial charge in [-0.3, -0.25) is 10.1 Å². The van der Waals surface area contributed by atoms with Crippen molar-refractivity contribution in [2.24, 2.45) is 0 Å². The second kappa shape index (κ2) is 11.6. The molecule has 3 aromatic rings. The van der Waals surface area contributed by atoms with E-state index in [0.717, 1.165) is 6.26 Å². The van der Waals surface area contributed by atoms with Gasteiger partial charge in [0.25, 0.3) is 11.1 Å². The molecule has 176 valence electrons. The summed E-state index contributed by atoms with van der Waals surface area (Å²) in [6.45, 7) is 0.883. The van der Waals surface area contributed by atoms with Gasteiger partial charge < -0.3 is 9.47 Å². The number of hydrogen-bond acceptors (Lipinski definition) is 9. The minimum Gasteiger partial charge on any atom is -0.493 e. The third kappa shape index (κ3) is 7.28. The van der Waals surface area contributed by atoms with Crippen molar-refractivity contribution < 1.29 is 22.7 Å². The molecule has 0 atom stereocenters. The third-order valence-electron chi connectivity index (χ3n) is 4.17. The molecule has 1 aromatic heterocycles. The summed E-state index contributed by atoms with van der Waals surface area (Å²) in [4.78, 5) is 16.1. The molecule has 0 aliphatic heterocycles. The van der Waals surface area contributed by atoms with Crippen LogP contribution in [-0.4, -0.2) is 43.2 Å². The number of anilines is 1. The van der Waals surface area contributed by atoms with Crippen molar-refractivity contribution in [2.75, 3.05) is 24.8 Å². The third-order valence-corrected chi connectivity index (χ3v) is 6.07. The average Bonchev–Trinajstić information content (AvgIpc) is 3.28. The predicted molar refractivity (Wildman–Crippen MR) is 129 cm³/mol. The van der Waals surface area contributed by atoms with Crippen LogP contribution >= 0.6 is 23.1 Å². The highest BCUT2D eigenvalue weighted by Gasteiger charge is 2.17. The maximum atomic E-state index is 12.3. The topological polar surface area (TPSA) is 131 Å². The molecule has 0 spiro atoms. The maximum absolute atomic E-state index is 12.3. The number of nitriles is 1. The number of aromatic nitrogens is 2. The monoisotopic (exact) mass is 518 g/mol.